The maximum absolute atomic E-state index is 11.8. The molecule has 0 aliphatic carbocycles. The molecule has 1 amide bonds. The summed E-state index contributed by atoms with van der Waals surface area (Å²) in [6.45, 7) is 11.0. The third-order valence-electron chi connectivity index (χ3n) is 5.27. The van der Waals surface area contributed by atoms with Crippen molar-refractivity contribution in [3.8, 4) is 0 Å². The number of hydrogen-bond acceptors (Lipinski definition) is 3. The Morgan fingerprint density at radius 3 is 2.52 bits per heavy atom. The summed E-state index contributed by atoms with van der Waals surface area (Å²) >= 11 is 0. The van der Waals surface area contributed by atoms with Crippen LogP contribution in [0.4, 0.5) is 0 Å². The van der Waals surface area contributed by atoms with Crippen LogP contribution in [-0.4, -0.2) is 46.2 Å². The van der Waals surface area contributed by atoms with Crippen LogP contribution in [0.1, 0.15) is 48.7 Å². The molecule has 0 radical (unpaired) electrons. The fourth-order valence-electron chi connectivity index (χ4n) is 3.69. The molecule has 0 spiro atoms. The number of likely N-dealkylation sites (tertiary alicyclic amines) is 1. The Kier molecular flexibility index (Phi) is 10.3. The van der Waals surface area contributed by atoms with E-state index in [2.05, 4.69) is 64.6 Å². The van der Waals surface area contributed by atoms with Gasteiger partial charge >= 0.3 is 0 Å². The van der Waals surface area contributed by atoms with Crippen LogP contribution in [0.15, 0.2) is 35.3 Å². The molecule has 1 fully saturated rings. The van der Waals surface area contributed by atoms with E-state index in [0.717, 1.165) is 56.2 Å². The van der Waals surface area contributed by atoms with Gasteiger partial charge < -0.3 is 15.5 Å². The van der Waals surface area contributed by atoms with Crippen LogP contribution in [-0.2, 0) is 24.4 Å². The lowest BCUT2D eigenvalue weighted by Gasteiger charge is -2.15. The largest absolute Gasteiger partial charge is 0.357 e. The number of rotatable bonds is 9. The third-order valence-corrected chi connectivity index (χ3v) is 5.27. The second-order valence-electron chi connectivity index (χ2n) is 7.86. The number of aryl methyl sites for hydroxylation is 3. The SMILES string of the molecule is CCNC(=NCc1ccc(CN2CCCC2=O)cc1)NCCCn1nc(C)cc1C.I. The highest BCUT2D eigenvalue weighted by Gasteiger charge is 2.19. The summed E-state index contributed by atoms with van der Waals surface area (Å²) in [6, 6.07) is 10.5. The monoisotopic (exact) mass is 538 g/mol. The summed E-state index contributed by atoms with van der Waals surface area (Å²) in [5, 5.41) is 11.2. The number of halogens is 1. The minimum Gasteiger partial charge on any atom is -0.357 e. The van der Waals surface area contributed by atoms with E-state index >= 15 is 0 Å². The van der Waals surface area contributed by atoms with Gasteiger partial charge in [-0.3, -0.25) is 9.48 Å². The van der Waals surface area contributed by atoms with Crippen molar-refractivity contribution in [2.24, 2.45) is 4.99 Å². The van der Waals surface area contributed by atoms with Crippen molar-refractivity contribution in [2.75, 3.05) is 19.6 Å². The van der Waals surface area contributed by atoms with Gasteiger partial charge in [0.1, 0.15) is 0 Å². The van der Waals surface area contributed by atoms with E-state index in [1.807, 2.05) is 11.8 Å². The molecule has 0 saturated carbocycles. The highest BCUT2D eigenvalue weighted by atomic mass is 127. The maximum atomic E-state index is 11.8. The number of hydrogen-bond donors (Lipinski definition) is 2. The van der Waals surface area contributed by atoms with Gasteiger partial charge in [0.2, 0.25) is 5.91 Å². The number of benzene rings is 1. The number of aliphatic imine (C=N–C) groups is 1. The van der Waals surface area contributed by atoms with Crippen LogP contribution in [0, 0.1) is 13.8 Å². The van der Waals surface area contributed by atoms with E-state index in [9.17, 15) is 4.79 Å². The van der Waals surface area contributed by atoms with Crippen LogP contribution < -0.4 is 10.6 Å². The topological polar surface area (TPSA) is 74.6 Å². The van der Waals surface area contributed by atoms with Crippen LogP contribution in [0.5, 0.6) is 0 Å². The van der Waals surface area contributed by atoms with Crippen LogP contribution in [0.3, 0.4) is 0 Å². The van der Waals surface area contributed by atoms with E-state index in [1.165, 1.54) is 11.3 Å². The van der Waals surface area contributed by atoms with Gasteiger partial charge in [-0.15, -0.1) is 24.0 Å². The zero-order valence-electron chi connectivity index (χ0n) is 18.9. The lowest BCUT2D eigenvalue weighted by atomic mass is 10.1. The molecule has 31 heavy (non-hydrogen) atoms. The molecule has 1 saturated heterocycles. The summed E-state index contributed by atoms with van der Waals surface area (Å²) in [7, 11) is 0. The van der Waals surface area contributed by atoms with Crippen molar-refractivity contribution < 1.29 is 4.79 Å². The van der Waals surface area contributed by atoms with Gasteiger partial charge in [-0.25, -0.2) is 4.99 Å². The lowest BCUT2D eigenvalue weighted by molar-refractivity contribution is -0.128. The number of carbonyl (C=O) groups is 1. The lowest BCUT2D eigenvalue weighted by Crippen LogP contribution is -2.38. The number of carbonyl (C=O) groups excluding carboxylic acids is 1. The van der Waals surface area contributed by atoms with E-state index in [1.54, 1.807) is 0 Å². The van der Waals surface area contributed by atoms with Crippen LogP contribution in [0.25, 0.3) is 0 Å². The summed E-state index contributed by atoms with van der Waals surface area (Å²) in [6.07, 6.45) is 2.65. The molecule has 0 bridgehead atoms. The molecule has 7 nitrogen and oxygen atoms in total. The Morgan fingerprint density at radius 2 is 1.90 bits per heavy atom. The summed E-state index contributed by atoms with van der Waals surface area (Å²) < 4.78 is 2.05. The number of aromatic nitrogens is 2. The molecular formula is C23H35IN6O. The van der Waals surface area contributed by atoms with Gasteiger partial charge in [-0.05, 0) is 50.8 Å². The molecule has 0 unspecified atom stereocenters. The smallest absolute Gasteiger partial charge is 0.222 e. The quantitative estimate of drug-likeness (QED) is 0.222. The summed E-state index contributed by atoms with van der Waals surface area (Å²) in [5.41, 5.74) is 4.59. The van der Waals surface area contributed by atoms with Gasteiger partial charge in [-0.1, -0.05) is 24.3 Å². The Hall–Kier alpha value is -2.10. The normalized spacial score (nSPS) is 14.0. The van der Waals surface area contributed by atoms with E-state index < -0.39 is 0 Å². The second kappa shape index (κ2) is 12.7. The minimum absolute atomic E-state index is 0. The molecular weight excluding hydrogens is 503 g/mol. The van der Waals surface area contributed by atoms with Crippen LogP contribution in [0.2, 0.25) is 0 Å². The van der Waals surface area contributed by atoms with Gasteiger partial charge in [-0.2, -0.15) is 5.10 Å². The Morgan fingerprint density at radius 1 is 1.16 bits per heavy atom. The average molecular weight is 538 g/mol. The molecule has 2 N–H and O–H groups in total. The van der Waals surface area contributed by atoms with E-state index in [0.29, 0.717) is 19.5 Å². The number of amides is 1. The van der Waals surface area contributed by atoms with Crippen molar-refractivity contribution in [3.63, 3.8) is 0 Å². The predicted molar refractivity (Wildman–Crippen MR) is 136 cm³/mol. The zero-order chi connectivity index (χ0) is 21.3. The van der Waals surface area contributed by atoms with Crippen molar-refractivity contribution in [1.82, 2.24) is 25.3 Å². The standard InChI is InChI=1S/C23H34N6O.HI/c1-4-24-23(25-12-6-14-29-19(3)15-18(2)27-29)26-16-20-8-10-21(11-9-20)17-28-13-5-7-22(28)30;/h8-11,15H,4-7,12-14,16-17H2,1-3H3,(H2,24,25,26);1H. The summed E-state index contributed by atoms with van der Waals surface area (Å²) in [4.78, 5) is 18.4. The molecule has 2 heterocycles. The fourth-order valence-corrected chi connectivity index (χ4v) is 3.69. The average Bonchev–Trinajstić information content (AvgIpc) is 3.28. The molecule has 2 aromatic rings. The Balaban J connectivity index is 0.00000341. The molecule has 8 heteroatoms. The predicted octanol–water partition coefficient (Wildman–Crippen LogP) is 3.39. The molecule has 170 valence electrons. The fraction of sp³-hybridized carbons (Fsp3) is 0.522. The third kappa shape index (κ3) is 7.83. The van der Waals surface area contributed by atoms with Crippen LogP contribution >= 0.6 is 24.0 Å². The first kappa shape index (κ1) is 25.2. The van der Waals surface area contributed by atoms with Gasteiger partial charge in [0.15, 0.2) is 5.96 Å². The molecule has 3 rings (SSSR count). The molecule has 1 aliphatic heterocycles. The highest BCUT2D eigenvalue weighted by molar-refractivity contribution is 14.0. The van der Waals surface area contributed by atoms with E-state index in [-0.39, 0.29) is 29.9 Å². The number of nitrogens with zero attached hydrogens (tertiary/aromatic N) is 4. The zero-order valence-corrected chi connectivity index (χ0v) is 21.2. The van der Waals surface area contributed by atoms with Crippen molar-refractivity contribution in [3.05, 3.63) is 52.8 Å². The Labute approximate surface area is 202 Å². The molecule has 1 aliphatic rings. The number of guanidine groups is 1. The first-order chi connectivity index (χ1) is 14.5. The first-order valence-corrected chi connectivity index (χ1v) is 10.9. The van der Waals surface area contributed by atoms with Gasteiger partial charge in [0.05, 0.1) is 12.2 Å². The van der Waals surface area contributed by atoms with Gasteiger partial charge in [0, 0.05) is 44.8 Å². The maximum Gasteiger partial charge on any atom is 0.222 e. The number of nitrogens with one attached hydrogen (secondary N) is 2. The Bertz CT molecular complexity index is 861. The highest BCUT2D eigenvalue weighted by Crippen LogP contribution is 2.15. The van der Waals surface area contributed by atoms with Crippen molar-refractivity contribution >= 4 is 35.8 Å². The van der Waals surface area contributed by atoms with Crippen molar-refractivity contribution in [1.29, 1.82) is 0 Å². The first-order valence-electron chi connectivity index (χ1n) is 10.9. The minimum atomic E-state index is 0. The molecule has 1 aromatic carbocycles. The summed E-state index contributed by atoms with van der Waals surface area (Å²) in [5.74, 6) is 1.10. The second-order valence-corrected chi connectivity index (χ2v) is 7.86. The molecule has 1 aromatic heterocycles. The van der Waals surface area contributed by atoms with Gasteiger partial charge in [0.25, 0.3) is 0 Å². The van der Waals surface area contributed by atoms with Crippen molar-refractivity contribution in [2.45, 2.75) is 59.7 Å². The van der Waals surface area contributed by atoms with E-state index in [4.69, 9.17) is 4.99 Å². The molecule has 0 atom stereocenters.